The van der Waals surface area contributed by atoms with Crippen LogP contribution < -0.4 is 10.6 Å². The van der Waals surface area contributed by atoms with Crippen LogP contribution in [-0.2, 0) is 0 Å². The van der Waals surface area contributed by atoms with Gasteiger partial charge in [-0.3, -0.25) is 0 Å². The number of rotatable bonds is 6. The number of anilines is 2. The first kappa shape index (κ1) is 14.7. The first-order valence-corrected chi connectivity index (χ1v) is 6.63. The molecule has 0 fully saturated rings. The smallest absolute Gasteiger partial charge is 0.131 e. The fourth-order valence-electron chi connectivity index (χ4n) is 1.35. The third-order valence-electron chi connectivity index (χ3n) is 3.39. The molecule has 0 spiro atoms. The van der Waals surface area contributed by atoms with Gasteiger partial charge in [-0.25, -0.2) is 9.97 Å². The number of aromatic nitrogens is 2. The largest absolute Gasteiger partial charge is 0.369 e. The van der Waals surface area contributed by atoms with Gasteiger partial charge in [-0.15, -0.1) is 0 Å². The van der Waals surface area contributed by atoms with Crippen LogP contribution in [0.5, 0.6) is 0 Å². The van der Waals surface area contributed by atoms with Gasteiger partial charge in [0.2, 0.25) is 0 Å². The van der Waals surface area contributed by atoms with Crippen LogP contribution in [0.25, 0.3) is 0 Å². The summed E-state index contributed by atoms with van der Waals surface area (Å²) in [6.45, 7) is 14.1. The molecule has 0 unspecified atom stereocenters. The van der Waals surface area contributed by atoms with E-state index in [9.17, 15) is 0 Å². The van der Waals surface area contributed by atoms with Crippen LogP contribution in [0.4, 0.5) is 11.6 Å². The molecule has 0 amide bonds. The van der Waals surface area contributed by atoms with Crippen molar-refractivity contribution in [3.63, 3.8) is 0 Å². The molecule has 0 atom stereocenters. The Kier molecular flexibility index (Phi) is 4.93. The Morgan fingerprint density at radius 2 is 1.72 bits per heavy atom. The van der Waals surface area contributed by atoms with Gasteiger partial charge in [0.05, 0.1) is 0 Å². The van der Waals surface area contributed by atoms with Crippen LogP contribution in [0.2, 0.25) is 0 Å². The molecule has 0 saturated carbocycles. The SMILES string of the molecule is CC(C)Nc1cc(NCC(C)(C)C(C)C)ncn1. The van der Waals surface area contributed by atoms with Gasteiger partial charge in [-0.2, -0.15) is 0 Å². The minimum absolute atomic E-state index is 0.247. The molecule has 0 aromatic carbocycles. The van der Waals surface area contributed by atoms with E-state index < -0.39 is 0 Å². The van der Waals surface area contributed by atoms with E-state index in [1.54, 1.807) is 6.33 Å². The Morgan fingerprint density at radius 3 is 2.28 bits per heavy atom. The average Bonchev–Trinajstić information content (AvgIpc) is 2.26. The molecule has 1 heterocycles. The lowest BCUT2D eigenvalue weighted by atomic mass is 9.81. The molecule has 4 heteroatoms. The molecule has 1 aromatic heterocycles. The van der Waals surface area contributed by atoms with Crippen molar-refractivity contribution >= 4 is 11.6 Å². The zero-order valence-corrected chi connectivity index (χ0v) is 12.4. The summed E-state index contributed by atoms with van der Waals surface area (Å²) in [5.74, 6) is 2.37. The van der Waals surface area contributed by atoms with E-state index in [4.69, 9.17) is 0 Å². The van der Waals surface area contributed by atoms with Gasteiger partial charge in [0, 0.05) is 18.7 Å². The van der Waals surface area contributed by atoms with Gasteiger partial charge in [-0.1, -0.05) is 27.7 Å². The second-order valence-electron chi connectivity index (χ2n) is 6.08. The Morgan fingerprint density at radius 1 is 1.11 bits per heavy atom. The van der Waals surface area contributed by atoms with Crippen LogP contribution in [0, 0.1) is 11.3 Å². The topological polar surface area (TPSA) is 49.8 Å². The fraction of sp³-hybridized carbons (Fsp3) is 0.714. The fourth-order valence-corrected chi connectivity index (χ4v) is 1.35. The van der Waals surface area contributed by atoms with Crippen molar-refractivity contribution in [3.8, 4) is 0 Å². The standard InChI is InChI=1S/C14H26N4/c1-10(2)14(5,6)8-15-12-7-13(17-9-16-12)18-11(3)4/h7,9-11H,8H2,1-6H3,(H2,15,16,17,18). The second-order valence-corrected chi connectivity index (χ2v) is 6.08. The molecule has 0 bridgehead atoms. The summed E-state index contributed by atoms with van der Waals surface area (Å²) >= 11 is 0. The minimum atomic E-state index is 0.247. The quantitative estimate of drug-likeness (QED) is 0.812. The molecule has 1 rings (SSSR count). The number of hydrogen-bond donors (Lipinski definition) is 2. The highest BCUT2D eigenvalue weighted by atomic mass is 15.1. The first-order chi connectivity index (χ1) is 8.31. The molecular weight excluding hydrogens is 224 g/mol. The number of hydrogen-bond acceptors (Lipinski definition) is 4. The lowest BCUT2D eigenvalue weighted by Crippen LogP contribution is -2.28. The third-order valence-corrected chi connectivity index (χ3v) is 3.39. The summed E-state index contributed by atoms with van der Waals surface area (Å²) in [7, 11) is 0. The summed E-state index contributed by atoms with van der Waals surface area (Å²) in [6.07, 6.45) is 1.59. The Hall–Kier alpha value is -1.32. The highest BCUT2D eigenvalue weighted by molar-refractivity contribution is 5.46. The molecule has 1 aromatic rings. The first-order valence-electron chi connectivity index (χ1n) is 6.63. The second kappa shape index (κ2) is 6.03. The van der Waals surface area contributed by atoms with E-state index in [1.165, 1.54) is 0 Å². The highest BCUT2D eigenvalue weighted by Gasteiger charge is 2.22. The maximum absolute atomic E-state index is 4.25. The van der Waals surface area contributed by atoms with E-state index in [2.05, 4.69) is 62.1 Å². The Bertz CT molecular complexity index is 372. The van der Waals surface area contributed by atoms with Gasteiger partial charge in [0.15, 0.2) is 0 Å². The zero-order valence-electron chi connectivity index (χ0n) is 12.4. The van der Waals surface area contributed by atoms with E-state index >= 15 is 0 Å². The lowest BCUT2D eigenvalue weighted by Gasteiger charge is -2.29. The molecule has 2 N–H and O–H groups in total. The summed E-state index contributed by atoms with van der Waals surface area (Å²) in [5.41, 5.74) is 0.247. The van der Waals surface area contributed by atoms with Crippen LogP contribution in [0.3, 0.4) is 0 Å². The number of nitrogens with zero attached hydrogens (tertiary/aromatic N) is 2. The predicted octanol–water partition coefficient (Wildman–Crippen LogP) is 3.39. The summed E-state index contributed by atoms with van der Waals surface area (Å²) < 4.78 is 0. The van der Waals surface area contributed by atoms with Crippen molar-refractivity contribution in [1.82, 2.24) is 9.97 Å². The Balaban J connectivity index is 2.63. The molecule has 0 aliphatic heterocycles. The van der Waals surface area contributed by atoms with Gasteiger partial charge in [0.25, 0.3) is 0 Å². The van der Waals surface area contributed by atoms with Crippen molar-refractivity contribution in [3.05, 3.63) is 12.4 Å². The van der Waals surface area contributed by atoms with Crippen molar-refractivity contribution in [2.24, 2.45) is 11.3 Å². The maximum Gasteiger partial charge on any atom is 0.131 e. The number of nitrogens with one attached hydrogen (secondary N) is 2. The van der Waals surface area contributed by atoms with Gasteiger partial charge < -0.3 is 10.6 Å². The van der Waals surface area contributed by atoms with Crippen LogP contribution >= 0.6 is 0 Å². The molecule has 4 nitrogen and oxygen atoms in total. The van der Waals surface area contributed by atoms with E-state index in [1.807, 2.05) is 6.07 Å². The zero-order chi connectivity index (χ0) is 13.8. The maximum atomic E-state index is 4.25. The molecular formula is C14H26N4. The molecule has 18 heavy (non-hydrogen) atoms. The van der Waals surface area contributed by atoms with Crippen LogP contribution in [0.1, 0.15) is 41.5 Å². The predicted molar refractivity (Wildman–Crippen MR) is 77.9 cm³/mol. The Labute approximate surface area is 111 Å². The van der Waals surface area contributed by atoms with Crippen LogP contribution in [-0.4, -0.2) is 22.6 Å². The van der Waals surface area contributed by atoms with Crippen molar-refractivity contribution < 1.29 is 0 Å². The summed E-state index contributed by atoms with van der Waals surface area (Å²) in [6, 6.07) is 2.33. The summed E-state index contributed by atoms with van der Waals surface area (Å²) in [4.78, 5) is 8.44. The average molecular weight is 250 g/mol. The highest BCUT2D eigenvalue weighted by Crippen LogP contribution is 2.26. The normalized spacial score (nSPS) is 12.0. The van der Waals surface area contributed by atoms with Crippen molar-refractivity contribution in [2.45, 2.75) is 47.6 Å². The molecule has 0 aliphatic rings. The van der Waals surface area contributed by atoms with Crippen LogP contribution in [0.15, 0.2) is 12.4 Å². The molecule has 102 valence electrons. The van der Waals surface area contributed by atoms with Gasteiger partial charge >= 0.3 is 0 Å². The van der Waals surface area contributed by atoms with E-state index in [0.717, 1.165) is 18.2 Å². The lowest BCUT2D eigenvalue weighted by molar-refractivity contribution is 0.269. The summed E-state index contributed by atoms with van der Waals surface area (Å²) in [5, 5.41) is 6.66. The van der Waals surface area contributed by atoms with E-state index in [0.29, 0.717) is 12.0 Å². The van der Waals surface area contributed by atoms with Crippen molar-refractivity contribution in [2.75, 3.05) is 17.2 Å². The molecule has 0 radical (unpaired) electrons. The van der Waals surface area contributed by atoms with Crippen molar-refractivity contribution in [1.29, 1.82) is 0 Å². The van der Waals surface area contributed by atoms with Gasteiger partial charge in [0.1, 0.15) is 18.0 Å². The molecule has 0 saturated heterocycles. The molecule has 0 aliphatic carbocycles. The van der Waals surface area contributed by atoms with Gasteiger partial charge in [-0.05, 0) is 25.2 Å². The van der Waals surface area contributed by atoms with E-state index in [-0.39, 0.29) is 5.41 Å². The minimum Gasteiger partial charge on any atom is -0.369 e. The monoisotopic (exact) mass is 250 g/mol. The third kappa shape index (κ3) is 4.51.